The quantitative estimate of drug-likeness (QED) is 0.0262. The summed E-state index contributed by atoms with van der Waals surface area (Å²) in [5, 5.41) is 0. The van der Waals surface area contributed by atoms with Crippen LogP contribution in [0.15, 0.2) is 85.1 Å². The van der Waals surface area contributed by atoms with Gasteiger partial charge in [0.2, 0.25) is 0 Å². The molecule has 0 bridgehead atoms. The Bertz CT molecular complexity index is 1300. The molecular formula is C61H104O6. The van der Waals surface area contributed by atoms with Crippen molar-refractivity contribution < 1.29 is 28.6 Å². The SMILES string of the molecule is CC/C=C\C/C=C\C/C=C\C/C=C\CCCCCCC(=O)OC[C@H](COC(=O)CCCCCCCCCCCCCCCCC)OC(=O)CCC/C=C\C/C=C\C/C=C\CCCCCCCC. The molecule has 384 valence electrons. The van der Waals surface area contributed by atoms with Crippen LogP contribution >= 0.6 is 0 Å². The van der Waals surface area contributed by atoms with Gasteiger partial charge < -0.3 is 14.2 Å². The lowest BCUT2D eigenvalue weighted by Gasteiger charge is -2.18. The summed E-state index contributed by atoms with van der Waals surface area (Å²) in [5.41, 5.74) is 0. The molecule has 0 amide bonds. The summed E-state index contributed by atoms with van der Waals surface area (Å²) >= 11 is 0. The molecule has 1 atom stereocenters. The minimum absolute atomic E-state index is 0.103. The first-order chi connectivity index (χ1) is 33.0. The molecule has 0 radical (unpaired) electrons. The molecule has 0 N–H and O–H groups in total. The van der Waals surface area contributed by atoms with Crippen molar-refractivity contribution in [2.24, 2.45) is 0 Å². The standard InChI is InChI=1S/C61H104O6/c1-4-7-10-13-16-19-22-25-28-30-33-36-39-42-45-48-51-54-60(63)66-57-58(56-65-59(62)53-50-47-44-41-38-35-32-27-24-21-18-15-12-9-6-3)67-61(64)55-52-49-46-43-40-37-34-31-29-26-23-20-17-14-11-8-5-2/h7,10,16,19,25-26,28-29,33-34,36-37,43,46,58H,4-6,8-9,11-15,17-18,20-24,27,30-32,35,38-42,44-45,47-57H2,1-3H3/b10-7-,19-16-,28-25-,29-26-,36-33-,37-34-,46-43-/t58-/m0/s1. The Labute approximate surface area is 414 Å². The van der Waals surface area contributed by atoms with E-state index >= 15 is 0 Å². The van der Waals surface area contributed by atoms with Crippen molar-refractivity contribution in [3.63, 3.8) is 0 Å². The predicted octanol–water partition coefficient (Wildman–Crippen LogP) is 18.8. The average molecular weight is 933 g/mol. The van der Waals surface area contributed by atoms with Gasteiger partial charge >= 0.3 is 17.9 Å². The monoisotopic (exact) mass is 933 g/mol. The van der Waals surface area contributed by atoms with Gasteiger partial charge in [-0.15, -0.1) is 0 Å². The zero-order valence-corrected chi connectivity index (χ0v) is 43.9. The number of unbranched alkanes of at least 4 members (excludes halogenated alkanes) is 25. The van der Waals surface area contributed by atoms with E-state index in [1.807, 2.05) is 0 Å². The highest BCUT2D eigenvalue weighted by Gasteiger charge is 2.19. The van der Waals surface area contributed by atoms with Crippen LogP contribution < -0.4 is 0 Å². The molecule has 6 nitrogen and oxygen atoms in total. The molecule has 0 aliphatic rings. The van der Waals surface area contributed by atoms with Gasteiger partial charge in [0.25, 0.3) is 0 Å². The molecule has 0 rings (SSSR count). The van der Waals surface area contributed by atoms with Crippen LogP contribution in [0.2, 0.25) is 0 Å². The summed E-state index contributed by atoms with van der Waals surface area (Å²) in [6.07, 6.45) is 71.5. The van der Waals surface area contributed by atoms with Gasteiger partial charge in [0.05, 0.1) is 0 Å². The van der Waals surface area contributed by atoms with E-state index in [9.17, 15) is 14.4 Å². The highest BCUT2D eigenvalue weighted by molar-refractivity contribution is 5.71. The number of carbonyl (C=O) groups excluding carboxylic acids is 3. The first kappa shape index (κ1) is 63.6. The maximum atomic E-state index is 12.8. The average Bonchev–Trinajstić information content (AvgIpc) is 3.33. The highest BCUT2D eigenvalue weighted by atomic mass is 16.6. The smallest absolute Gasteiger partial charge is 0.306 e. The second-order valence-corrected chi connectivity index (χ2v) is 18.5. The fourth-order valence-electron chi connectivity index (χ4n) is 7.68. The number of hydrogen-bond acceptors (Lipinski definition) is 6. The Kier molecular flexibility index (Phi) is 52.4. The van der Waals surface area contributed by atoms with Crippen LogP contribution in [0.3, 0.4) is 0 Å². The lowest BCUT2D eigenvalue weighted by Crippen LogP contribution is -2.30. The van der Waals surface area contributed by atoms with Gasteiger partial charge in [0.15, 0.2) is 6.10 Å². The highest BCUT2D eigenvalue weighted by Crippen LogP contribution is 2.15. The number of esters is 3. The van der Waals surface area contributed by atoms with Gasteiger partial charge in [-0.3, -0.25) is 14.4 Å². The lowest BCUT2D eigenvalue weighted by atomic mass is 10.0. The summed E-state index contributed by atoms with van der Waals surface area (Å²) in [5.74, 6) is -0.975. The summed E-state index contributed by atoms with van der Waals surface area (Å²) in [6.45, 7) is 6.47. The van der Waals surface area contributed by atoms with Gasteiger partial charge in [-0.2, -0.15) is 0 Å². The Balaban J connectivity index is 4.50. The van der Waals surface area contributed by atoms with Gasteiger partial charge in [-0.25, -0.2) is 0 Å². The van der Waals surface area contributed by atoms with E-state index in [1.54, 1.807) is 0 Å². The van der Waals surface area contributed by atoms with Gasteiger partial charge in [-0.1, -0.05) is 241 Å². The first-order valence-corrected chi connectivity index (χ1v) is 28.1. The molecular weight excluding hydrogens is 829 g/mol. The molecule has 6 heteroatoms. The number of allylic oxidation sites excluding steroid dienone is 14. The van der Waals surface area contributed by atoms with E-state index in [4.69, 9.17) is 14.2 Å². The minimum atomic E-state index is -0.812. The maximum Gasteiger partial charge on any atom is 0.306 e. The van der Waals surface area contributed by atoms with Crippen molar-refractivity contribution in [2.45, 2.75) is 271 Å². The fourth-order valence-corrected chi connectivity index (χ4v) is 7.68. The van der Waals surface area contributed by atoms with Crippen LogP contribution in [-0.2, 0) is 28.6 Å². The molecule has 0 aliphatic heterocycles. The molecule has 0 aliphatic carbocycles. The first-order valence-electron chi connectivity index (χ1n) is 28.1. The van der Waals surface area contributed by atoms with E-state index in [0.29, 0.717) is 19.3 Å². The number of carbonyl (C=O) groups is 3. The molecule has 67 heavy (non-hydrogen) atoms. The van der Waals surface area contributed by atoms with Gasteiger partial charge in [-0.05, 0) is 89.9 Å². The van der Waals surface area contributed by atoms with Crippen molar-refractivity contribution in [3.05, 3.63) is 85.1 Å². The topological polar surface area (TPSA) is 78.9 Å². The third-order valence-electron chi connectivity index (χ3n) is 11.9. The van der Waals surface area contributed by atoms with E-state index in [1.165, 1.54) is 122 Å². The van der Waals surface area contributed by atoms with Crippen molar-refractivity contribution >= 4 is 17.9 Å². The van der Waals surface area contributed by atoms with E-state index in [-0.39, 0.29) is 37.5 Å². The molecule has 0 aromatic carbocycles. The largest absolute Gasteiger partial charge is 0.462 e. The van der Waals surface area contributed by atoms with Crippen LogP contribution in [0.25, 0.3) is 0 Å². The van der Waals surface area contributed by atoms with Gasteiger partial charge in [0, 0.05) is 19.3 Å². The Morgan fingerprint density at radius 1 is 0.313 bits per heavy atom. The maximum absolute atomic E-state index is 12.8. The Hall–Kier alpha value is -3.41. The van der Waals surface area contributed by atoms with Crippen molar-refractivity contribution in [1.29, 1.82) is 0 Å². The van der Waals surface area contributed by atoms with Gasteiger partial charge in [0.1, 0.15) is 13.2 Å². The van der Waals surface area contributed by atoms with E-state index in [2.05, 4.69) is 106 Å². The third-order valence-corrected chi connectivity index (χ3v) is 11.9. The normalized spacial score (nSPS) is 12.7. The molecule has 0 aromatic rings. The zero-order valence-electron chi connectivity index (χ0n) is 43.9. The van der Waals surface area contributed by atoms with Crippen molar-refractivity contribution in [2.75, 3.05) is 13.2 Å². The van der Waals surface area contributed by atoms with Crippen LogP contribution in [0.4, 0.5) is 0 Å². The number of hydrogen-bond donors (Lipinski definition) is 0. The Morgan fingerprint density at radius 3 is 0.955 bits per heavy atom. The van der Waals surface area contributed by atoms with Crippen LogP contribution in [0.1, 0.15) is 265 Å². The van der Waals surface area contributed by atoms with Crippen LogP contribution in [-0.4, -0.2) is 37.2 Å². The minimum Gasteiger partial charge on any atom is -0.462 e. The molecule has 0 spiro atoms. The summed E-state index contributed by atoms with van der Waals surface area (Å²) in [7, 11) is 0. The van der Waals surface area contributed by atoms with Crippen molar-refractivity contribution in [1.82, 2.24) is 0 Å². The summed E-state index contributed by atoms with van der Waals surface area (Å²) in [6, 6.07) is 0. The van der Waals surface area contributed by atoms with E-state index in [0.717, 1.165) is 96.3 Å². The molecule has 0 saturated heterocycles. The zero-order chi connectivity index (χ0) is 48.6. The predicted molar refractivity (Wildman–Crippen MR) is 288 cm³/mol. The molecule has 0 saturated carbocycles. The second kappa shape index (κ2) is 55.2. The molecule has 0 heterocycles. The van der Waals surface area contributed by atoms with E-state index < -0.39 is 6.10 Å². The Morgan fingerprint density at radius 2 is 0.597 bits per heavy atom. The molecule has 0 aromatic heterocycles. The summed E-state index contributed by atoms with van der Waals surface area (Å²) in [4.78, 5) is 38.1. The van der Waals surface area contributed by atoms with Crippen LogP contribution in [0.5, 0.6) is 0 Å². The molecule has 0 unspecified atom stereocenters. The third kappa shape index (κ3) is 53.4. The van der Waals surface area contributed by atoms with Crippen molar-refractivity contribution in [3.8, 4) is 0 Å². The lowest BCUT2D eigenvalue weighted by molar-refractivity contribution is -0.167. The number of ether oxygens (including phenoxy) is 3. The summed E-state index contributed by atoms with van der Waals surface area (Å²) < 4.78 is 16.8. The second-order valence-electron chi connectivity index (χ2n) is 18.5. The fraction of sp³-hybridized carbons (Fsp3) is 0.721. The molecule has 0 fully saturated rings. The number of rotatable bonds is 50. The van der Waals surface area contributed by atoms with Crippen LogP contribution in [0, 0.1) is 0 Å².